The summed E-state index contributed by atoms with van der Waals surface area (Å²) in [5.41, 5.74) is 0.483. The van der Waals surface area contributed by atoms with Gasteiger partial charge in [-0.2, -0.15) is 15.1 Å². The third-order valence-electron chi connectivity index (χ3n) is 2.58. The van der Waals surface area contributed by atoms with E-state index in [1.54, 1.807) is 12.1 Å². The van der Waals surface area contributed by atoms with Crippen LogP contribution in [0.25, 0.3) is 0 Å². The van der Waals surface area contributed by atoms with Crippen molar-refractivity contribution in [1.82, 2.24) is 9.97 Å². The zero-order valence-corrected chi connectivity index (χ0v) is 12.4. The SMILES string of the molecule is CCCCSc1nc(O)c(/N=N/c2ccccc2)c(O)n1. The average molecular weight is 304 g/mol. The third-order valence-corrected chi connectivity index (χ3v) is 3.51. The number of benzene rings is 1. The molecule has 0 fully saturated rings. The van der Waals surface area contributed by atoms with Crippen molar-refractivity contribution in [2.24, 2.45) is 10.2 Å². The van der Waals surface area contributed by atoms with E-state index in [0.29, 0.717) is 10.8 Å². The van der Waals surface area contributed by atoms with Crippen LogP contribution in [0.15, 0.2) is 45.7 Å². The highest BCUT2D eigenvalue weighted by Crippen LogP contribution is 2.35. The second kappa shape index (κ2) is 7.58. The molecule has 0 radical (unpaired) electrons. The molecule has 21 heavy (non-hydrogen) atoms. The molecule has 0 aliphatic heterocycles. The van der Waals surface area contributed by atoms with Crippen molar-refractivity contribution in [3.8, 4) is 11.8 Å². The Labute approximate surface area is 127 Å². The highest BCUT2D eigenvalue weighted by molar-refractivity contribution is 7.99. The highest BCUT2D eigenvalue weighted by atomic mass is 32.2. The molecule has 0 bridgehead atoms. The molecule has 0 atom stereocenters. The van der Waals surface area contributed by atoms with E-state index in [0.717, 1.165) is 18.6 Å². The molecule has 0 aliphatic carbocycles. The van der Waals surface area contributed by atoms with E-state index in [4.69, 9.17) is 0 Å². The largest absolute Gasteiger partial charge is 0.491 e. The van der Waals surface area contributed by atoms with E-state index in [2.05, 4.69) is 27.1 Å². The monoisotopic (exact) mass is 304 g/mol. The Kier molecular flexibility index (Phi) is 5.51. The van der Waals surface area contributed by atoms with Crippen LogP contribution in [0, 0.1) is 0 Å². The summed E-state index contributed by atoms with van der Waals surface area (Å²) in [7, 11) is 0. The highest BCUT2D eigenvalue weighted by Gasteiger charge is 2.13. The summed E-state index contributed by atoms with van der Waals surface area (Å²) in [4.78, 5) is 7.82. The van der Waals surface area contributed by atoms with Crippen molar-refractivity contribution in [3.05, 3.63) is 30.3 Å². The fourth-order valence-electron chi connectivity index (χ4n) is 1.48. The lowest BCUT2D eigenvalue weighted by Gasteiger charge is -2.03. The summed E-state index contributed by atoms with van der Waals surface area (Å²) >= 11 is 1.38. The van der Waals surface area contributed by atoms with Gasteiger partial charge in [0.1, 0.15) is 0 Å². The quantitative estimate of drug-likeness (QED) is 0.361. The fourth-order valence-corrected chi connectivity index (χ4v) is 2.39. The van der Waals surface area contributed by atoms with E-state index in [1.807, 2.05) is 18.2 Å². The Bertz CT molecular complexity index is 597. The van der Waals surface area contributed by atoms with Crippen molar-refractivity contribution in [3.63, 3.8) is 0 Å². The van der Waals surface area contributed by atoms with Gasteiger partial charge >= 0.3 is 0 Å². The molecule has 110 valence electrons. The van der Waals surface area contributed by atoms with Gasteiger partial charge < -0.3 is 10.2 Å². The van der Waals surface area contributed by atoms with Crippen LogP contribution < -0.4 is 0 Å². The number of rotatable bonds is 6. The van der Waals surface area contributed by atoms with Crippen LogP contribution in [0.5, 0.6) is 11.8 Å². The maximum absolute atomic E-state index is 9.83. The Morgan fingerprint density at radius 1 is 1.05 bits per heavy atom. The second-order valence-corrected chi connectivity index (χ2v) is 5.30. The number of hydrogen-bond acceptors (Lipinski definition) is 7. The number of thioether (sulfide) groups is 1. The minimum Gasteiger partial charge on any atom is -0.491 e. The van der Waals surface area contributed by atoms with Crippen LogP contribution in [-0.4, -0.2) is 25.9 Å². The van der Waals surface area contributed by atoms with E-state index < -0.39 is 0 Å². The van der Waals surface area contributed by atoms with Crippen LogP contribution in [0.3, 0.4) is 0 Å². The van der Waals surface area contributed by atoms with Gasteiger partial charge in [-0.3, -0.25) is 0 Å². The Morgan fingerprint density at radius 2 is 1.71 bits per heavy atom. The molecule has 2 rings (SSSR count). The number of hydrogen-bond donors (Lipinski definition) is 2. The molecular formula is C14H16N4O2S. The summed E-state index contributed by atoms with van der Waals surface area (Å²) in [6.45, 7) is 2.09. The molecule has 2 N–H and O–H groups in total. The van der Waals surface area contributed by atoms with Crippen LogP contribution >= 0.6 is 11.8 Å². The smallest absolute Gasteiger partial charge is 0.247 e. The summed E-state index contributed by atoms with van der Waals surface area (Å²) < 4.78 is 0. The van der Waals surface area contributed by atoms with Gasteiger partial charge in [0, 0.05) is 5.75 Å². The fraction of sp³-hybridized carbons (Fsp3) is 0.286. The van der Waals surface area contributed by atoms with Crippen molar-refractivity contribution < 1.29 is 10.2 Å². The first-order chi connectivity index (χ1) is 10.2. The molecule has 0 saturated carbocycles. The van der Waals surface area contributed by atoms with Gasteiger partial charge in [-0.25, -0.2) is 0 Å². The molecule has 0 amide bonds. The third kappa shape index (κ3) is 4.42. The van der Waals surface area contributed by atoms with Gasteiger partial charge in [-0.15, -0.1) is 5.11 Å². The lowest BCUT2D eigenvalue weighted by atomic mass is 10.3. The van der Waals surface area contributed by atoms with Crippen LogP contribution in [0.2, 0.25) is 0 Å². The standard InChI is InChI=1S/C14H16N4O2S/c1-2-3-9-21-14-15-12(19)11(13(20)16-14)18-17-10-7-5-4-6-8-10/h4-8H,2-3,9H2,1H3,(H2,15,16,19,20)/b18-17+. The van der Waals surface area contributed by atoms with Crippen LogP contribution in [0.1, 0.15) is 19.8 Å². The minimum atomic E-state index is -0.374. The topological polar surface area (TPSA) is 91.0 Å². The first-order valence-electron chi connectivity index (χ1n) is 6.60. The van der Waals surface area contributed by atoms with Gasteiger partial charge in [-0.05, 0) is 18.6 Å². The van der Waals surface area contributed by atoms with Gasteiger partial charge in [0.25, 0.3) is 0 Å². The number of nitrogens with zero attached hydrogens (tertiary/aromatic N) is 4. The average Bonchev–Trinajstić information content (AvgIpc) is 2.48. The predicted molar refractivity (Wildman–Crippen MR) is 81.6 cm³/mol. The molecule has 0 aliphatic rings. The van der Waals surface area contributed by atoms with Gasteiger partial charge in [0.2, 0.25) is 17.4 Å². The van der Waals surface area contributed by atoms with Crippen LogP contribution in [-0.2, 0) is 0 Å². The molecule has 0 unspecified atom stereocenters. The Hall–Kier alpha value is -2.15. The number of azo groups is 1. The number of aromatic nitrogens is 2. The molecule has 2 aromatic rings. The van der Waals surface area contributed by atoms with Gasteiger partial charge in [0.05, 0.1) is 5.69 Å². The Balaban J connectivity index is 2.15. The minimum absolute atomic E-state index is 0.126. The molecular weight excluding hydrogens is 288 g/mol. The molecule has 0 saturated heterocycles. The zero-order valence-electron chi connectivity index (χ0n) is 11.6. The van der Waals surface area contributed by atoms with Crippen molar-refractivity contribution in [2.75, 3.05) is 5.75 Å². The predicted octanol–water partition coefficient (Wildman–Crippen LogP) is 4.20. The maximum atomic E-state index is 9.83. The van der Waals surface area contributed by atoms with Gasteiger partial charge in [0.15, 0.2) is 5.16 Å². The summed E-state index contributed by atoms with van der Waals surface area (Å²) in [6.07, 6.45) is 2.08. The lowest BCUT2D eigenvalue weighted by Crippen LogP contribution is -1.89. The van der Waals surface area contributed by atoms with Gasteiger partial charge in [-0.1, -0.05) is 43.3 Å². The summed E-state index contributed by atoms with van der Waals surface area (Å²) in [6, 6.07) is 9.01. The molecule has 0 spiro atoms. The van der Waals surface area contributed by atoms with E-state index in [-0.39, 0.29) is 17.4 Å². The van der Waals surface area contributed by atoms with Crippen molar-refractivity contribution in [1.29, 1.82) is 0 Å². The second-order valence-electron chi connectivity index (χ2n) is 4.24. The molecule has 1 aromatic carbocycles. The molecule has 1 aromatic heterocycles. The summed E-state index contributed by atoms with van der Waals surface area (Å²) in [5, 5.41) is 27.7. The zero-order chi connectivity index (χ0) is 15.1. The molecule has 6 nitrogen and oxygen atoms in total. The first-order valence-corrected chi connectivity index (χ1v) is 7.59. The van der Waals surface area contributed by atoms with E-state index >= 15 is 0 Å². The lowest BCUT2D eigenvalue weighted by molar-refractivity contribution is 0.414. The Morgan fingerprint density at radius 3 is 2.33 bits per heavy atom. The summed E-state index contributed by atoms with van der Waals surface area (Å²) in [5.74, 6) is 0.0858. The molecule has 7 heteroatoms. The van der Waals surface area contributed by atoms with E-state index in [9.17, 15) is 10.2 Å². The maximum Gasteiger partial charge on any atom is 0.247 e. The normalized spacial score (nSPS) is 11.1. The number of aromatic hydroxyl groups is 2. The van der Waals surface area contributed by atoms with E-state index in [1.165, 1.54) is 11.8 Å². The van der Waals surface area contributed by atoms with Crippen molar-refractivity contribution >= 4 is 23.1 Å². The van der Waals surface area contributed by atoms with Crippen molar-refractivity contribution in [2.45, 2.75) is 24.9 Å². The van der Waals surface area contributed by atoms with Crippen LogP contribution in [0.4, 0.5) is 11.4 Å². The molecule has 1 heterocycles. The first kappa shape index (κ1) is 15.2. The number of unbranched alkanes of at least 4 members (excludes halogenated alkanes) is 1.